The lowest BCUT2D eigenvalue weighted by Crippen LogP contribution is -2.61. The average Bonchev–Trinajstić information content (AvgIpc) is 3.14. The maximum Gasteiger partial charge on any atom is 0.274 e. The second-order valence-electron chi connectivity index (χ2n) is 7.04. The van der Waals surface area contributed by atoms with Crippen molar-refractivity contribution in [2.24, 2.45) is 0 Å². The zero-order chi connectivity index (χ0) is 18.4. The summed E-state index contributed by atoms with van der Waals surface area (Å²) in [5.74, 6) is 0.484. The molecule has 0 aliphatic carbocycles. The van der Waals surface area contributed by atoms with Crippen LogP contribution in [0.4, 0.5) is 11.6 Å². The maximum absolute atomic E-state index is 12.8. The number of hydrogen-bond donors (Lipinski definition) is 2. The third-order valence-electron chi connectivity index (χ3n) is 5.35. The zero-order valence-electron chi connectivity index (χ0n) is 14.6. The highest BCUT2D eigenvalue weighted by Gasteiger charge is 2.35. The molecule has 3 aromatic rings. The van der Waals surface area contributed by atoms with Crippen LogP contribution in [0.2, 0.25) is 0 Å². The Kier molecular flexibility index (Phi) is 4.09. The molecule has 5 heterocycles. The number of carbonyl (C=O) groups excluding carboxylic acids is 1. The first-order valence-corrected chi connectivity index (χ1v) is 9.89. The summed E-state index contributed by atoms with van der Waals surface area (Å²) < 4.78 is 2.52. The van der Waals surface area contributed by atoms with Crippen LogP contribution in [-0.4, -0.2) is 45.7 Å². The van der Waals surface area contributed by atoms with E-state index in [9.17, 15) is 4.79 Å². The Bertz CT molecular complexity index is 1010. The summed E-state index contributed by atoms with van der Waals surface area (Å²) in [4.78, 5) is 19.6. The molecule has 3 fully saturated rings. The Morgan fingerprint density at radius 3 is 2.85 bits per heavy atom. The predicted molar refractivity (Wildman–Crippen MR) is 107 cm³/mol. The first-order chi connectivity index (χ1) is 13.2. The van der Waals surface area contributed by atoms with Gasteiger partial charge in [-0.25, -0.2) is 9.50 Å². The van der Waals surface area contributed by atoms with Gasteiger partial charge in [0.25, 0.3) is 5.91 Å². The highest BCUT2D eigenvalue weighted by Crippen LogP contribution is 2.26. The molecule has 2 atom stereocenters. The quantitative estimate of drug-likeness (QED) is 0.673. The second-order valence-corrected chi connectivity index (χ2v) is 7.89. The van der Waals surface area contributed by atoms with E-state index in [2.05, 4.69) is 36.4 Å². The summed E-state index contributed by atoms with van der Waals surface area (Å²) in [7, 11) is 0. The van der Waals surface area contributed by atoms with Crippen molar-refractivity contribution in [3.8, 4) is 0 Å². The van der Waals surface area contributed by atoms with Crippen molar-refractivity contribution in [1.82, 2.24) is 19.9 Å². The Labute approximate surface area is 164 Å². The Morgan fingerprint density at radius 2 is 2.11 bits per heavy atom. The molecule has 2 N–H and O–H groups in total. The molecular weight excluding hydrogens is 408 g/mol. The van der Waals surface area contributed by atoms with Gasteiger partial charge in [-0.1, -0.05) is 12.1 Å². The standard InChI is InChI=1S/C19H19BrN6O/c20-15-3-1-2-4-16(15)23-18(27)17-8-7-14-10-22-19(24-26(14)17)25-11-12-5-6-13(25)9-21-12/h1-4,7-8,10,12-13,21H,5-6,9,11H2,(H,23,27)/t12-,13-/m0/s1. The van der Waals surface area contributed by atoms with Gasteiger partial charge in [-0.15, -0.1) is 5.10 Å². The number of hydrogen-bond acceptors (Lipinski definition) is 5. The van der Waals surface area contributed by atoms with Crippen molar-refractivity contribution in [2.45, 2.75) is 24.9 Å². The number of nitrogens with zero attached hydrogens (tertiary/aromatic N) is 4. The summed E-state index contributed by atoms with van der Waals surface area (Å²) in [5, 5.41) is 11.2. The smallest absolute Gasteiger partial charge is 0.274 e. The lowest BCUT2D eigenvalue weighted by atomic mass is 9.93. The molecule has 3 aliphatic rings. The van der Waals surface area contributed by atoms with Gasteiger partial charge < -0.3 is 15.5 Å². The fourth-order valence-corrected chi connectivity index (χ4v) is 4.28. The van der Waals surface area contributed by atoms with E-state index in [-0.39, 0.29) is 5.91 Å². The van der Waals surface area contributed by atoms with E-state index in [1.165, 1.54) is 6.42 Å². The number of benzene rings is 1. The van der Waals surface area contributed by atoms with Crippen molar-refractivity contribution < 1.29 is 4.79 Å². The fourth-order valence-electron chi connectivity index (χ4n) is 3.90. The minimum Gasteiger partial charge on any atom is -0.334 e. The van der Waals surface area contributed by atoms with Crippen molar-refractivity contribution in [3.63, 3.8) is 0 Å². The third-order valence-corrected chi connectivity index (χ3v) is 6.04. The second kappa shape index (κ2) is 6.61. The summed E-state index contributed by atoms with van der Waals surface area (Å²) in [5.41, 5.74) is 2.02. The molecule has 3 saturated heterocycles. The van der Waals surface area contributed by atoms with Crippen LogP contribution < -0.4 is 15.5 Å². The predicted octanol–water partition coefficient (Wildman–Crippen LogP) is 2.68. The van der Waals surface area contributed by atoms with Crippen molar-refractivity contribution in [1.29, 1.82) is 0 Å². The van der Waals surface area contributed by atoms with E-state index in [0.717, 1.165) is 35.2 Å². The van der Waals surface area contributed by atoms with Crippen molar-refractivity contribution >= 4 is 39.0 Å². The number of nitrogens with one attached hydrogen (secondary N) is 2. The first-order valence-electron chi connectivity index (χ1n) is 9.10. The van der Waals surface area contributed by atoms with Gasteiger partial charge in [-0.3, -0.25) is 4.79 Å². The van der Waals surface area contributed by atoms with Crippen LogP contribution >= 0.6 is 15.9 Å². The van der Waals surface area contributed by atoms with Crippen molar-refractivity contribution in [2.75, 3.05) is 23.3 Å². The molecular formula is C19H19BrN6O. The van der Waals surface area contributed by atoms with Crippen LogP contribution in [0.5, 0.6) is 0 Å². The first kappa shape index (κ1) is 16.7. The molecule has 0 unspecified atom stereocenters. The molecule has 27 heavy (non-hydrogen) atoms. The van der Waals surface area contributed by atoms with Crippen LogP contribution in [0.1, 0.15) is 23.3 Å². The number of fused-ring (bicyclic) bond motifs is 4. The monoisotopic (exact) mass is 426 g/mol. The molecule has 3 aliphatic heterocycles. The number of amides is 1. The third kappa shape index (κ3) is 2.98. The highest BCUT2D eigenvalue weighted by molar-refractivity contribution is 9.10. The summed E-state index contributed by atoms with van der Waals surface area (Å²) in [6, 6.07) is 12.1. The van der Waals surface area contributed by atoms with Gasteiger partial charge in [0.2, 0.25) is 5.95 Å². The van der Waals surface area contributed by atoms with Crippen molar-refractivity contribution in [3.05, 3.63) is 52.8 Å². The number of rotatable bonds is 3. The van der Waals surface area contributed by atoms with Gasteiger partial charge in [0.1, 0.15) is 5.69 Å². The van der Waals surface area contributed by atoms with Crippen LogP contribution in [0.15, 0.2) is 47.1 Å². The van der Waals surface area contributed by atoms with Gasteiger partial charge in [0.15, 0.2) is 0 Å². The van der Waals surface area contributed by atoms with Crippen LogP contribution in [0.3, 0.4) is 0 Å². The normalized spacial score (nSPS) is 21.6. The number of para-hydroxylation sites is 1. The van der Waals surface area contributed by atoms with E-state index in [4.69, 9.17) is 5.10 Å². The van der Waals surface area contributed by atoms with Crippen LogP contribution in [0.25, 0.3) is 5.52 Å². The van der Waals surface area contributed by atoms with Gasteiger partial charge in [0.05, 0.1) is 17.4 Å². The number of piperidine rings is 2. The number of anilines is 2. The lowest BCUT2D eigenvalue weighted by molar-refractivity contribution is 0.102. The molecule has 8 heteroatoms. The Hall–Kier alpha value is -2.45. The van der Waals surface area contributed by atoms with E-state index < -0.39 is 0 Å². The Balaban J connectivity index is 1.47. The fraction of sp³-hybridized carbons (Fsp3) is 0.316. The molecule has 0 spiro atoms. The van der Waals surface area contributed by atoms with Gasteiger partial charge >= 0.3 is 0 Å². The maximum atomic E-state index is 12.8. The summed E-state index contributed by atoms with van der Waals surface area (Å²) in [6.07, 6.45) is 4.14. The van der Waals surface area contributed by atoms with E-state index >= 15 is 0 Å². The molecule has 6 rings (SSSR count). The number of aromatic nitrogens is 3. The molecule has 2 aromatic heterocycles. The average molecular weight is 427 g/mol. The SMILES string of the molecule is O=C(Nc1ccccc1Br)c1ccc2cnc(N3C[C@@H]4CC[C@H]3CN4)nn12. The zero-order valence-corrected chi connectivity index (χ0v) is 16.2. The summed E-state index contributed by atoms with van der Waals surface area (Å²) >= 11 is 3.46. The molecule has 1 aromatic carbocycles. The van der Waals surface area contributed by atoms with Gasteiger partial charge in [-0.05, 0) is 53.0 Å². The van der Waals surface area contributed by atoms with Gasteiger partial charge in [0, 0.05) is 29.6 Å². The summed E-state index contributed by atoms with van der Waals surface area (Å²) in [6.45, 7) is 1.88. The van der Waals surface area contributed by atoms with Crippen LogP contribution in [-0.2, 0) is 0 Å². The van der Waals surface area contributed by atoms with Gasteiger partial charge in [-0.2, -0.15) is 0 Å². The van der Waals surface area contributed by atoms with E-state index in [1.54, 1.807) is 16.8 Å². The largest absolute Gasteiger partial charge is 0.334 e. The molecule has 138 valence electrons. The number of carbonyl (C=O) groups is 1. The molecule has 0 saturated carbocycles. The number of halogens is 1. The van der Waals surface area contributed by atoms with Crippen LogP contribution in [0, 0.1) is 0 Å². The minimum atomic E-state index is -0.201. The highest BCUT2D eigenvalue weighted by atomic mass is 79.9. The molecule has 2 bridgehead atoms. The molecule has 1 amide bonds. The Morgan fingerprint density at radius 1 is 1.22 bits per heavy atom. The number of piperazine rings is 1. The lowest BCUT2D eigenvalue weighted by Gasteiger charge is -2.45. The van der Waals surface area contributed by atoms with E-state index in [1.807, 2.05) is 30.3 Å². The molecule has 0 radical (unpaired) electrons. The minimum absolute atomic E-state index is 0.201. The molecule has 7 nitrogen and oxygen atoms in total. The van der Waals surface area contributed by atoms with E-state index in [0.29, 0.717) is 23.7 Å². The topological polar surface area (TPSA) is 74.6 Å².